The van der Waals surface area contributed by atoms with Gasteiger partial charge in [-0.15, -0.1) is 0 Å². The smallest absolute Gasteiger partial charge is 0.347 e. The fourth-order valence-electron chi connectivity index (χ4n) is 1.48. The number of rotatable bonds is 3. The third-order valence-electron chi connectivity index (χ3n) is 2.60. The molecule has 1 unspecified atom stereocenters. The highest BCUT2D eigenvalue weighted by atomic mass is 16.6. The van der Waals surface area contributed by atoms with Gasteiger partial charge in [0, 0.05) is 0 Å². The predicted molar refractivity (Wildman–Crippen MR) is 71.9 cm³/mol. The molecule has 0 aliphatic carbocycles. The third kappa shape index (κ3) is 4.06. The molecule has 1 atom stereocenters. The zero-order valence-electron chi connectivity index (χ0n) is 12.0. The van der Waals surface area contributed by atoms with E-state index in [1.165, 1.54) is 0 Å². The molecule has 1 aromatic carbocycles. The molecule has 0 saturated carbocycles. The summed E-state index contributed by atoms with van der Waals surface area (Å²) in [5, 5.41) is 0. The van der Waals surface area contributed by atoms with Crippen LogP contribution in [0, 0.1) is 13.8 Å². The number of ether oxygens (including phenoxy) is 2. The maximum Gasteiger partial charge on any atom is 0.347 e. The molecule has 1 aromatic rings. The number of hydrogen-bond donors (Lipinski definition) is 0. The fraction of sp³-hybridized carbons (Fsp3) is 0.533. The zero-order valence-corrected chi connectivity index (χ0v) is 12.0. The van der Waals surface area contributed by atoms with E-state index in [1.54, 1.807) is 6.92 Å². The van der Waals surface area contributed by atoms with Crippen molar-refractivity contribution in [2.45, 2.75) is 53.2 Å². The Labute approximate surface area is 109 Å². The second kappa shape index (κ2) is 5.42. The van der Waals surface area contributed by atoms with Crippen molar-refractivity contribution in [3.8, 4) is 5.75 Å². The first kappa shape index (κ1) is 14.6. The summed E-state index contributed by atoms with van der Waals surface area (Å²) in [5.41, 5.74) is 1.70. The molecule has 0 spiro atoms. The van der Waals surface area contributed by atoms with Crippen LogP contribution in [0.3, 0.4) is 0 Å². The van der Waals surface area contributed by atoms with E-state index in [2.05, 4.69) is 0 Å². The van der Waals surface area contributed by atoms with Crippen LogP contribution in [-0.2, 0) is 9.53 Å². The van der Waals surface area contributed by atoms with E-state index < -0.39 is 11.7 Å². The van der Waals surface area contributed by atoms with Gasteiger partial charge in [-0.25, -0.2) is 4.79 Å². The first-order valence-electron chi connectivity index (χ1n) is 6.16. The average Bonchev–Trinajstić information content (AvgIpc) is 2.22. The minimum atomic E-state index is -0.607. The monoisotopic (exact) mass is 250 g/mol. The third-order valence-corrected chi connectivity index (χ3v) is 2.60. The Morgan fingerprint density at radius 2 is 1.83 bits per heavy atom. The highest BCUT2D eigenvalue weighted by molar-refractivity contribution is 5.75. The van der Waals surface area contributed by atoms with Gasteiger partial charge in [-0.1, -0.05) is 12.1 Å². The Hall–Kier alpha value is -1.51. The van der Waals surface area contributed by atoms with E-state index in [0.717, 1.165) is 16.9 Å². The summed E-state index contributed by atoms with van der Waals surface area (Å²) in [6.45, 7) is 11.2. The Morgan fingerprint density at radius 3 is 2.39 bits per heavy atom. The lowest BCUT2D eigenvalue weighted by atomic mass is 10.1. The van der Waals surface area contributed by atoms with Gasteiger partial charge in [0.05, 0.1) is 0 Å². The van der Waals surface area contributed by atoms with Crippen molar-refractivity contribution >= 4 is 5.97 Å². The quantitative estimate of drug-likeness (QED) is 0.771. The molecule has 0 amide bonds. The van der Waals surface area contributed by atoms with Gasteiger partial charge in [0.1, 0.15) is 11.4 Å². The van der Waals surface area contributed by atoms with Gasteiger partial charge in [0.2, 0.25) is 0 Å². The first-order valence-corrected chi connectivity index (χ1v) is 6.16. The SMILES string of the molecule is Cc1cccc(OC(C)C(=O)OC(C)(C)C)c1C. The highest BCUT2D eigenvalue weighted by Crippen LogP contribution is 2.22. The number of carbonyl (C=O) groups is 1. The van der Waals surface area contributed by atoms with E-state index >= 15 is 0 Å². The van der Waals surface area contributed by atoms with Crippen LogP contribution < -0.4 is 4.74 Å². The molecular weight excluding hydrogens is 228 g/mol. The van der Waals surface area contributed by atoms with Gasteiger partial charge in [-0.05, 0) is 58.7 Å². The van der Waals surface area contributed by atoms with Crippen molar-refractivity contribution in [1.82, 2.24) is 0 Å². The van der Waals surface area contributed by atoms with Gasteiger partial charge < -0.3 is 9.47 Å². The van der Waals surface area contributed by atoms with E-state index in [4.69, 9.17) is 9.47 Å². The van der Waals surface area contributed by atoms with Gasteiger partial charge >= 0.3 is 5.97 Å². The van der Waals surface area contributed by atoms with E-state index in [1.807, 2.05) is 52.8 Å². The standard InChI is InChI=1S/C15H22O3/c1-10-8-7-9-13(11(10)2)17-12(3)14(16)18-15(4,5)6/h7-9,12H,1-6H3. The highest BCUT2D eigenvalue weighted by Gasteiger charge is 2.23. The summed E-state index contributed by atoms with van der Waals surface area (Å²) in [5.74, 6) is 0.386. The van der Waals surface area contributed by atoms with Crippen LogP contribution in [-0.4, -0.2) is 17.7 Å². The molecule has 0 fully saturated rings. The Morgan fingerprint density at radius 1 is 1.22 bits per heavy atom. The lowest BCUT2D eigenvalue weighted by Gasteiger charge is -2.23. The summed E-state index contributed by atoms with van der Waals surface area (Å²) in [6, 6.07) is 5.79. The molecule has 0 aromatic heterocycles. The van der Waals surface area contributed by atoms with Gasteiger partial charge in [-0.3, -0.25) is 0 Å². The largest absolute Gasteiger partial charge is 0.479 e. The fourth-order valence-corrected chi connectivity index (χ4v) is 1.48. The van der Waals surface area contributed by atoms with E-state index in [9.17, 15) is 4.79 Å². The Kier molecular flexibility index (Phi) is 4.38. The van der Waals surface area contributed by atoms with Crippen molar-refractivity contribution in [2.75, 3.05) is 0 Å². The van der Waals surface area contributed by atoms with Crippen molar-refractivity contribution in [3.05, 3.63) is 29.3 Å². The van der Waals surface area contributed by atoms with Crippen molar-refractivity contribution in [2.24, 2.45) is 0 Å². The maximum atomic E-state index is 11.8. The first-order chi connectivity index (χ1) is 8.20. The van der Waals surface area contributed by atoms with Crippen LogP contribution in [0.15, 0.2) is 18.2 Å². The minimum absolute atomic E-state index is 0.344. The van der Waals surface area contributed by atoms with E-state index in [-0.39, 0.29) is 5.97 Å². The van der Waals surface area contributed by atoms with Crippen molar-refractivity contribution < 1.29 is 14.3 Å². The lowest BCUT2D eigenvalue weighted by molar-refractivity contribution is -0.162. The molecule has 1 rings (SSSR count). The zero-order chi connectivity index (χ0) is 13.9. The maximum absolute atomic E-state index is 11.8. The summed E-state index contributed by atoms with van der Waals surface area (Å²) in [4.78, 5) is 11.8. The Balaban J connectivity index is 2.73. The van der Waals surface area contributed by atoms with Gasteiger partial charge in [-0.2, -0.15) is 0 Å². The summed E-state index contributed by atoms with van der Waals surface area (Å²) >= 11 is 0. The van der Waals surface area contributed by atoms with Crippen molar-refractivity contribution in [3.63, 3.8) is 0 Å². The molecule has 18 heavy (non-hydrogen) atoms. The molecule has 3 heteroatoms. The topological polar surface area (TPSA) is 35.5 Å². The number of hydrogen-bond acceptors (Lipinski definition) is 3. The molecule has 100 valence electrons. The lowest BCUT2D eigenvalue weighted by Crippen LogP contribution is -2.33. The van der Waals surface area contributed by atoms with Crippen LogP contribution in [0.5, 0.6) is 5.75 Å². The van der Waals surface area contributed by atoms with Gasteiger partial charge in [0.25, 0.3) is 0 Å². The molecule has 0 radical (unpaired) electrons. The summed E-state index contributed by atoms with van der Waals surface area (Å²) < 4.78 is 10.9. The number of aryl methyl sites for hydroxylation is 1. The van der Waals surface area contributed by atoms with Crippen LogP contribution in [0.2, 0.25) is 0 Å². The second-order valence-electron chi connectivity index (χ2n) is 5.49. The summed E-state index contributed by atoms with van der Waals surface area (Å²) in [7, 11) is 0. The van der Waals surface area contributed by atoms with E-state index in [0.29, 0.717) is 0 Å². The molecule has 0 bridgehead atoms. The van der Waals surface area contributed by atoms with Crippen LogP contribution in [0.4, 0.5) is 0 Å². The van der Waals surface area contributed by atoms with Crippen LogP contribution in [0.1, 0.15) is 38.8 Å². The number of carbonyl (C=O) groups excluding carboxylic acids is 1. The molecule has 0 saturated heterocycles. The number of esters is 1. The minimum Gasteiger partial charge on any atom is -0.479 e. The van der Waals surface area contributed by atoms with Crippen molar-refractivity contribution in [1.29, 1.82) is 0 Å². The normalized spacial score (nSPS) is 13.0. The molecule has 3 nitrogen and oxygen atoms in total. The van der Waals surface area contributed by atoms with Crippen LogP contribution >= 0.6 is 0 Å². The molecule has 0 heterocycles. The molecule has 0 N–H and O–H groups in total. The number of benzene rings is 1. The predicted octanol–water partition coefficient (Wildman–Crippen LogP) is 3.41. The van der Waals surface area contributed by atoms with Crippen LogP contribution in [0.25, 0.3) is 0 Å². The molecular formula is C15H22O3. The Bertz CT molecular complexity index is 430. The molecule has 0 aliphatic heterocycles. The van der Waals surface area contributed by atoms with Gasteiger partial charge in [0.15, 0.2) is 6.10 Å². The second-order valence-corrected chi connectivity index (χ2v) is 5.49. The molecule has 0 aliphatic rings. The summed E-state index contributed by atoms with van der Waals surface area (Å²) in [6.07, 6.45) is -0.607. The average molecular weight is 250 g/mol.